The molecule has 172 valence electrons. The molecular weight excluding hydrogens is 382 g/mol. The second kappa shape index (κ2) is 5.99. The minimum atomic E-state index is -0.193. The highest BCUT2D eigenvalue weighted by Crippen LogP contribution is 2.87. The van der Waals surface area contributed by atoms with Crippen molar-refractivity contribution in [3.05, 3.63) is 11.6 Å². The van der Waals surface area contributed by atoms with Gasteiger partial charge in [-0.25, -0.2) is 0 Å². The predicted molar refractivity (Wildman–Crippen MR) is 122 cm³/mol. The summed E-state index contributed by atoms with van der Waals surface area (Å²) >= 11 is 0. The number of fused-ring (bicyclic) bond motifs is 6. The van der Waals surface area contributed by atoms with Gasteiger partial charge in [-0.1, -0.05) is 39.3 Å². The van der Waals surface area contributed by atoms with Crippen LogP contribution >= 0.6 is 0 Å². The Bertz CT molecular complexity index is 839. The maximum atomic E-state index is 10.3. The molecule has 0 radical (unpaired) electrons. The van der Waals surface area contributed by atoms with Crippen LogP contribution in [0.2, 0.25) is 0 Å². The second-order valence-electron chi connectivity index (χ2n) is 13.6. The summed E-state index contributed by atoms with van der Waals surface area (Å²) in [6.45, 7) is 11.3. The maximum Gasteiger partial charge on any atom is 0.0787 e. The number of aliphatic hydroxyl groups excluding tert-OH is 1. The SMILES string of the molecule is C[C@@H]1CN[C@H]2[C@@H](C)[C@@]3(CC[C@H]4[C@@H]5CCC6=C[C@@H](O)CC[C@]6(C)[C@H]5CC45CC53C)O[C@@H]2C1. The fourth-order valence-corrected chi connectivity index (χ4v) is 11.1. The Hall–Kier alpha value is -0.380. The van der Waals surface area contributed by atoms with Crippen LogP contribution in [-0.2, 0) is 4.74 Å². The van der Waals surface area contributed by atoms with Crippen molar-refractivity contribution in [1.29, 1.82) is 0 Å². The van der Waals surface area contributed by atoms with Crippen molar-refractivity contribution in [3.8, 4) is 0 Å². The summed E-state index contributed by atoms with van der Waals surface area (Å²) in [5.41, 5.74) is 2.96. The molecule has 5 aliphatic carbocycles. The molecule has 0 bridgehead atoms. The first-order valence-corrected chi connectivity index (χ1v) is 13.5. The number of aliphatic hydroxyl groups is 1. The lowest BCUT2D eigenvalue weighted by atomic mass is 9.56. The highest BCUT2D eigenvalue weighted by atomic mass is 16.5. The molecule has 7 aliphatic rings. The number of ether oxygens (including phenoxy) is 1. The molecule has 2 saturated heterocycles. The standard InChI is InChI=1S/C28H43NO2/c1-16-11-23-24(29-14-16)17(2)28(31-23)10-8-21-20-6-5-18-12-19(30)7-9-25(18,3)22(20)13-27(21)15-26(27,28)4/h12,16-17,19-24,29-30H,5-11,13-15H2,1-4H3/t16-,17+,19-,20-,21-,22-,23+,24-,25-,26?,27?,28+/m0/s1. The third kappa shape index (κ3) is 2.19. The van der Waals surface area contributed by atoms with E-state index in [1.165, 1.54) is 57.9 Å². The van der Waals surface area contributed by atoms with Crippen LogP contribution < -0.4 is 5.32 Å². The van der Waals surface area contributed by atoms with Crippen LogP contribution in [0, 0.1) is 45.8 Å². The van der Waals surface area contributed by atoms with Gasteiger partial charge >= 0.3 is 0 Å². The summed E-state index contributed by atoms with van der Waals surface area (Å²) in [7, 11) is 0. The molecule has 3 nitrogen and oxygen atoms in total. The van der Waals surface area contributed by atoms with Crippen molar-refractivity contribution in [3.63, 3.8) is 0 Å². The largest absolute Gasteiger partial charge is 0.389 e. The highest BCUT2D eigenvalue weighted by molar-refractivity contribution is 5.35. The topological polar surface area (TPSA) is 41.5 Å². The van der Waals surface area contributed by atoms with Gasteiger partial charge in [0.15, 0.2) is 0 Å². The molecule has 31 heavy (non-hydrogen) atoms. The van der Waals surface area contributed by atoms with E-state index in [9.17, 15) is 5.11 Å². The molecule has 4 saturated carbocycles. The Kier molecular flexibility index (Phi) is 3.87. The molecule has 2 heterocycles. The number of hydrogen-bond acceptors (Lipinski definition) is 3. The third-order valence-electron chi connectivity index (χ3n) is 12.8. The lowest BCUT2D eigenvalue weighted by Crippen LogP contribution is -2.53. The lowest BCUT2D eigenvalue weighted by Gasteiger charge is -2.50. The maximum absolute atomic E-state index is 10.3. The minimum absolute atomic E-state index is 0.103. The van der Waals surface area contributed by atoms with Gasteiger partial charge < -0.3 is 15.2 Å². The Morgan fingerprint density at radius 1 is 1.10 bits per heavy atom. The first-order valence-electron chi connectivity index (χ1n) is 13.5. The zero-order chi connectivity index (χ0) is 21.4. The molecule has 6 fully saturated rings. The van der Waals surface area contributed by atoms with E-state index in [4.69, 9.17) is 4.74 Å². The Balaban J connectivity index is 1.24. The van der Waals surface area contributed by atoms with Gasteiger partial charge in [-0.15, -0.1) is 0 Å². The molecule has 7 rings (SSSR count). The molecule has 2 N–H and O–H groups in total. The van der Waals surface area contributed by atoms with E-state index in [1.54, 1.807) is 5.57 Å². The molecule has 2 aliphatic heterocycles. The molecule has 0 aromatic heterocycles. The zero-order valence-electron chi connectivity index (χ0n) is 20.1. The molecule has 3 heteroatoms. The van der Waals surface area contributed by atoms with Gasteiger partial charge in [-0.05, 0) is 98.8 Å². The quantitative estimate of drug-likeness (QED) is 0.532. The smallest absolute Gasteiger partial charge is 0.0787 e. The number of rotatable bonds is 0. The van der Waals surface area contributed by atoms with E-state index >= 15 is 0 Å². The zero-order valence-corrected chi connectivity index (χ0v) is 20.1. The van der Waals surface area contributed by atoms with Gasteiger partial charge in [0.2, 0.25) is 0 Å². The molecule has 0 aromatic rings. The number of piperidine rings is 1. The van der Waals surface area contributed by atoms with Gasteiger partial charge in [-0.2, -0.15) is 0 Å². The second-order valence-corrected chi connectivity index (χ2v) is 13.6. The average molecular weight is 426 g/mol. The van der Waals surface area contributed by atoms with E-state index in [0.717, 1.165) is 30.1 Å². The molecule has 12 atom stereocenters. The summed E-state index contributed by atoms with van der Waals surface area (Å²) in [4.78, 5) is 0. The monoisotopic (exact) mass is 425 g/mol. The van der Waals surface area contributed by atoms with Crippen LogP contribution in [0.25, 0.3) is 0 Å². The lowest BCUT2D eigenvalue weighted by molar-refractivity contribution is -0.147. The summed E-state index contributed by atoms with van der Waals surface area (Å²) in [6.07, 6.45) is 14.0. The Morgan fingerprint density at radius 2 is 1.94 bits per heavy atom. The van der Waals surface area contributed by atoms with Crippen molar-refractivity contribution in [2.75, 3.05) is 6.54 Å². The molecule has 2 spiro atoms. The molecule has 2 unspecified atom stereocenters. The van der Waals surface area contributed by atoms with E-state index in [-0.39, 0.29) is 11.7 Å². The summed E-state index contributed by atoms with van der Waals surface area (Å²) in [5, 5.41) is 14.2. The molecule has 0 aromatic carbocycles. The van der Waals surface area contributed by atoms with Crippen LogP contribution in [0.15, 0.2) is 11.6 Å². The van der Waals surface area contributed by atoms with Gasteiger partial charge in [0.25, 0.3) is 0 Å². The average Bonchev–Trinajstić information content (AvgIpc) is 3.08. The van der Waals surface area contributed by atoms with Crippen molar-refractivity contribution < 1.29 is 9.84 Å². The first-order chi connectivity index (χ1) is 14.7. The number of nitrogens with one attached hydrogen (secondary N) is 1. The van der Waals surface area contributed by atoms with Gasteiger partial charge in [-0.3, -0.25) is 0 Å². The molecule has 0 amide bonds. The predicted octanol–water partition coefficient (Wildman–Crippen LogP) is 5.08. The van der Waals surface area contributed by atoms with Crippen LogP contribution in [0.4, 0.5) is 0 Å². The van der Waals surface area contributed by atoms with E-state index in [2.05, 4.69) is 39.1 Å². The van der Waals surface area contributed by atoms with E-state index in [0.29, 0.717) is 34.3 Å². The van der Waals surface area contributed by atoms with Crippen LogP contribution in [0.5, 0.6) is 0 Å². The normalized spacial score (nSPS) is 64.1. The Labute approximate surface area is 188 Å². The van der Waals surface area contributed by atoms with Gasteiger partial charge in [0, 0.05) is 17.4 Å². The van der Waals surface area contributed by atoms with E-state index in [1.807, 2.05) is 0 Å². The van der Waals surface area contributed by atoms with Gasteiger partial charge in [0.1, 0.15) is 0 Å². The fourth-order valence-electron chi connectivity index (χ4n) is 11.1. The minimum Gasteiger partial charge on any atom is -0.389 e. The van der Waals surface area contributed by atoms with E-state index < -0.39 is 0 Å². The fraction of sp³-hybridized carbons (Fsp3) is 0.929. The van der Waals surface area contributed by atoms with Crippen LogP contribution in [-0.4, -0.2) is 35.5 Å². The van der Waals surface area contributed by atoms with Crippen LogP contribution in [0.3, 0.4) is 0 Å². The number of allylic oxidation sites excluding steroid dienone is 1. The molecular formula is C28H43NO2. The first kappa shape index (κ1) is 20.0. The summed E-state index contributed by atoms with van der Waals surface area (Å²) in [5.74, 6) is 4.03. The Morgan fingerprint density at radius 3 is 2.77 bits per heavy atom. The summed E-state index contributed by atoms with van der Waals surface area (Å²) in [6, 6.07) is 0.567. The third-order valence-corrected chi connectivity index (χ3v) is 12.8. The van der Waals surface area contributed by atoms with Crippen molar-refractivity contribution in [2.24, 2.45) is 45.8 Å². The van der Waals surface area contributed by atoms with Gasteiger partial charge in [0.05, 0.1) is 17.8 Å². The van der Waals surface area contributed by atoms with Crippen molar-refractivity contribution >= 4 is 0 Å². The van der Waals surface area contributed by atoms with Crippen LogP contribution in [0.1, 0.15) is 85.5 Å². The highest BCUT2D eigenvalue weighted by Gasteiger charge is 2.84. The van der Waals surface area contributed by atoms with Crippen molar-refractivity contribution in [2.45, 2.75) is 109 Å². The summed E-state index contributed by atoms with van der Waals surface area (Å²) < 4.78 is 7.23. The van der Waals surface area contributed by atoms with Crippen molar-refractivity contribution in [1.82, 2.24) is 5.32 Å². The number of hydrogen-bond donors (Lipinski definition) is 2.